The highest BCUT2D eigenvalue weighted by atomic mass is 35.5. The van der Waals surface area contributed by atoms with E-state index in [0.29, 0.717) is 22.0 Å². The molecule has 0 spiro atoms. The van der Waals surface area contributed by atoms with Gasteiger partial charge in [-0.25, -0.2) is 0 Å². The maximum absolute atomic E-state index is 6.01. The average molecular weight is 260 g/mol. The topological polar surface area (TPSA) is 12.0 Å². The van der Waals surface area contributed by atoms with Crippen LogP contribution in [-0.4, -0.2) is 7.05 Å². The number of rotatable bonds is 5. The van der Waals surface area contributed by atoms with E-state index in [9.17, 15) is 0 Å². The van der Waals surface area contributed by atoms with Crippen molar-refractivity contribution in [3.05, 3.63) is 33.8 Å². The van der Waals surface area contributed by atoms with Crippen LogP contribution in [0.2, 0.25) is 10.0 Å². The number of halogens is 2. The minimum atomic E-state index is 0.325. The van der Waals surface area contributed by atoms with Crippen LogP contribution in [0.1, 0.15) is 38.3 Å². The van der Waals surface area contributed by atoms with Gasteiger partial charge in [0.25, 0.3) is 0 Å². The van der Waals surface area contributed by atoms with Crippen molar-refractivity contribution in [3.63, 3.8) is 0 Å². The Bertz CT molecular complexity index is 318. The van der Waals surface area contributed by atoms with E-state index in [1.165, 1.54) is 12.0 Å². The monoisotopic (exact) mass is 259 g/mol. The van der Waals surface area contributed by atoms with Gasteiger partial charge in [0.1, 0.15) is 0 Å². The third-order valence-corrected chi connectivity index (χ3v) is 3.41. The smallest absolute Gasteiger partial charge is 0.0424 e. The van der Waals surface area contributed by atoms with E-state index in [0.717, 1.165) is 6.42 Å². The molecule has 0 saturated carbocycles. The van der Waals surface area contributed by atoms with Gasteiger partial charge in [-0.05, 0) is 43.1 Å². The van der Waals surface area contributed by atoms with E-state index in [2.05, 4.69) is 19.2 Å². The summed E-state index contributed by atoms with van der Waals surface area (Å²) in [4.78, 5) is 0. The first-order chi connectivity index (χ1) is 7.56. The van der Waals surface area contributed by atoms with Crippen LogP contribution in [0.5, 0.6) is 0 Å². The standard InChI is InChI=1S/C13H19Cl2N/c1-4-9(2)5-13(16-3)10-6-11(14)8-12(15)7-10/h6-9,13,16H,4-5H2,1-3H3. The molecule has 0 heterocycles. The predicted octanol–water partition coefficient (Wildman–Crippen LogP) is 4.69. The van der Waals surface area contributed by atoms with Gasteiger partial charge in [-0.2, -0.15) is 0 Å². The van der Waals surface area contributed by atoms with E-state index in [1.54, 1.807) is 6.07 Å². The highest BCUT2D eigenvalue weighted by molar-refractivity contribution is 6.34. The van der Waals surface area contributed by atoms with Gasteiger partial charge in [0.05, 0.1) is 0 Å². The molecule has 0 amide bonds. The highest BCUT2D eigenvalue weighted by Gasteiger charge is 2.13. The molecule has 0 fully saturated rings. The summed E-state index contributed by atoms with van der Waals surface area (Å²) in [6.07, 6.45) is 2.29. The van der Waals surface area contributed by atoms with E-state index in [4.69, 9.17) is 23.2 Å². The molecule has 1 N–H and O–H groups in total. The quantitative estimate of drug-likeness (QED) is 0.809. The molecule has 0 aliphatic carbocycles. The molecule has 0 aliphatic heterocycles. The fourth-order valence-corrected chi connectivity index (χ4v) is 2.31. The maximum Gasteiger partial charge on any atom is 0.0424 e. The van der Waals surface area contributed by atoms with Gasteiger partial charge in [-0.15, -0.1) is 0 Å². The van der Waals surface area contributed by atoms with Crippen LogP contribution in [-0.2, 0) is 0 Å². The lowest BCUT2D eigenvalue weighted by molar-refractivity contribution is 0.422. The van der Waals surface area contributed by atoms with Gasteiger partial charge in [0.15, 0.2) is 0 Å². The van der Waals surface area contributed by atoms with Crippen molar-refractivity contribution < 1.29 is 0 Å². The van der Waals surface area contributed by atoms with Crippen molar-refractivity contribution in [3.8, 4) is 0 Å². The Morgan fingerprint density at radius 1 is 1.19 bits per heavy atom. The zero-order valence-electron chi connectivity index (χ0n) is 10.1. The van der Waals surface area contributed by atoms with E-state index < -0.39 is 0 Å². The molecule has 0 saturated heterocycles. The van der Waals surface area contributed by atoms with Crippen LogP contribution < -0.4 is 5.32 Å². The molecule has 2 unspecified atom stereocenters. The molecule has 1 aromatic carbocycles. The SMILES string of the molecule is CCC(C)CC(NC)c1cc(Cl)cc(Cl)c1. The first kappa shape index (κ1) is 13.8. The van der Waals surface area contributed by atoms with Crippen molar-refractivity contribution in [2.24, 2.45) is 5.92 Å². The van der Waals surface area contributed by atoms with Crippen molar-refractivity contribution in [1.82, 2.24) is 5.32 Å². The zero-order valence-corrected chi connectivity index (χ0v) is 11.6. The Kier molecular flexibility index (Phi) is 5.60. The molecule has 3 heteroatoms. The van der Waals surface area contributed by atoms with Crippen LogP contribution in [0.15, 0.2) is 18.2 Å². The molecule has 0 aliphatic rings. The Labute approximate surface area is 108 Å². The second kappa shape index (κ2) is 6.48. The summed E-state index contributed by atoms with van der Waals surface area (Å²) in [7, 11) is 1.97. The number of hydrogen-bond acceptors (Lipinski definition) is 1. The predicted molar refractivity (Wildman–Crippen MR) is 72.3 cm³/mol. The largest absolute Gasteiger partial charge is 0.313 e. The zero-order chi connectivity index (χ0) is 12.1. The first-order valence-corrected chi connectivity index (χ1v) is 6.45. The van der Waals surface area contributed by atoms with Gasteiger partial charge in [0, 0.05) is 16.1 Å². The molecule has 2 atom stereocenters. The van der Waals surface area contributed by atoms with E-state index >= 15 is 0 Å². The normalized spacial score (nSPS) is 14.8. The summed E-state index contributed by atoms with van der Waals surface area (Å²) >= 11 is 12.0. The molecule has 0 bridgehead atoms. The lowest BCUT2D eigenvalue weighted by atomic mass is 9.94. The Balaban J connectivity index is 2.86. The molecule has 0 aromatic heterocycles. The lowest BCUT2D eigenvalue weighted by Crippen LogP contribution is -2.18. The molecule has 1 rings (SSSR count). The summed E-state index contributed by atoms with van der Waals surface area (Å²) < 4.78 is 0. The first-order valence-electron chi connectivity index (χ1n) is 5.70. The number of nitrogens with one attached hydrogen (secondary N) is 1. The van der Waals surface area contributed by atoms with E-state index in [1.807, 2.05) is 19.2 Å². The van der Waals surface area contributed by atoms with Crippen LogP contribution in [0.3, 0.4) is 0 Å². The second-order valence-corrected chi connectivity index (χ2v) is 5.17. The maximum atomic E-state index is 6.01. The third-order valence-electron chi connectivity index (χ3n) is 2.97. The van der Waals surface area contributed by atoms with Crippen molar-refractivity contribution in [2.45, 2.75) is 32.7 Å². The molecular formula is C13H19Cl2N. The second-order valence-electron chi connectivity index (χ2n) is 4.29. The molecule has 16 heavy (non-hydrogen) atoms. The van der Waals surface area contributed by atoms with Gasteiger partial charge in [0.2, 0.25) is 0 Å². The van der Waals surface area contributed by atoms with Crippen LogP contribution >= 0.6 is 23.2 Å². The molecule has 90 valence electrons. The summed E-state index contributed by atoms with van der Waals surface area (Å²) in [5.74, 6) is 0.690. The molecule has 0 radical (unpaired) electrons. The Morgan fingerprint density at radius 2 is 1.75 bits per heavy atom. The van der Waals surface area contributed by atoms with Crippen LogP contribution in [0.4, 0.5) is 0 Å². The van der Waals surface area contributed by atoms with Crippen molar-refractivity contribution in [2.75, 3.05) is 7.05 Å². The fraction of sp³-hybridized carbons (Fsp3) is 0.538. The fourth-order valence-electron chi connectivity index (χ4n) is 1.77. The average Bonchev–Trinajstić information content (AvgIpc) is 2.24. The summed E-state index contributed by atoms with van der Waals surface area (Å²) in [5.41, 5.74) is 1.17. The van der Waals surface area contributed by atoms with Crippen LogP contribution in [0, 0.1) is 5.92 Å². The Hall–Kier alpha value is -0.240. The van der Waals surface area contributed by atoms with Gasteiger partial charge in [-0.1, -0.05) is 43.5 Å². The summed E-state index contributed by atoms with van der Waals surface area (Å²) in [5, 5.41) is 4.72. The minimum absolute atomic E-state index is 0.325. The van der Waals surface area contributed by atoms with Gasteiger partial charge >= 0.3 is 0 Å². The molecule has 1 nitrogen and oxygen atoms in total. The van der Waals surface area contributed by atoms with Gasteiger partial charge < -0.3 is 5.32 Å². The van der Waals surface area contributed by atoms with Gasteiger partial charge in [-0.3, -0.25) is 0 Å². The van der Waals surface area contributed by atoms with Crippen LogP contribution in [0.25, 0.3) is 0 Å². The van der Waals surface area contributed by atoms with Crippen molar-refractivity contribution in [1.29, 1.82) is 0 Å². The number of hydrogen-bond donors (Lipinski definition) is 1. The minimum Gasteiger partial charge on any atom is -0.313 e. The summed E-state index contributed by atoms with van der Waals surface area (Å²) in [6, 6.07) is 6.06. The lowest BCUT2D eigenvalue weighted by Gasteiger charge is -2.20. The summed E-state index contributed by atoms with van der Waals surface area (Å²) in [6.45, 7) is 4.47. The third kappa shape index (κ3) is 3.97. The Morgan fingerprint density at radius 3 is 2.19 bits per heavy atom. The molecule has 1 aromatic rings. The highest BCUT2D eigenvalue weighted by Crippen LogP contribution is 2.27. The number of benzene rings is 1. The van der Waals surface area contributed by atoms with E-state index in [-0.39, 0.29) is 0 Å². The molecular weight excluding hydrogens is 241 g/mol. The van der Waals surface area contributed by atoms with Crippen molar-refractivity contribution >= 4 is 23.2 Å².